The summed E-state index contributed by atoms with van der Waals surface area (Å²) in [6, 6.07) is 4.00. The molecule has 0 aliphatic rings. The summed E-state index contributed by atoms with van der Waals surface area (Å²) in [7, 11) is 0. The SMILES string of the molecule is O=[N+]([O-])c1ccc(Cl)c(C=C(Cl)CO)c1. The normalized spacial score (nSPS) is 11.5. The number of nitro groups is 1. The Labute approximate surface area is 95.9 Å². The van der Waals surface area contributed by atoms with Crippen molar-refractivity contribution < 1.29 is 10.0 Å². The van der Waals surface area contributed by atoms with Crippen LogP contribution in [0.1, 0.15) is 5.56 Å². The van der Waals surface area contributed by atoms with Gasteiger partial charge in [-0.2, -0.15) is 0 Å². The fraction of sp³-hybridized carbons (Fsp3) is 0.111. The van der Waals surface area contributed by atoms with E-state index in [-0.39, 0.29) is 17.3 Å². The lowest BCUT2D eigenvalue weighted by Crippen LogP contribution is -1.89. The first-order valence-corrected chi connectivity index (χ1v) is 4.71. The first kappa shape index (κ1) is 12.0. The predicted molar refractivity (Wildman–Crippen MR) is 59.0 cm³/mol. The fourth-order valence-electron chi connectivity index (χ4n) is 0.970. The van der Waals surface area contributed by atoms with Crippen LogP contribution in [0.15, 0.2) is 23.2 Å². The van der Waals surface area contributed by atoms with Crippen LogP contribution in [-0.2, 0) is 0 Å². The van der Waals surface area contributed by atoms with E-state index in [1.807, 2.05) is 0 Å². The Morgan fingerprint density at radius 2 is 2.27 bits per heavy atom. The number of hydrogen-bond acceptors (Lipinski definition) is 3. The molecule has 0 amide bonds. The molecule has 0 atom stereocenters. The number of nitro benzene ring substituents is 1. The third-order valence-corrected chi connectivity index (χ3v) is 2.23. The van der Waals surface area contributed by atoms with Gasteiger partial charge in [0, 0.05) is 27.8 Å². The zero-order valence-corrected chi connectivity index (χ0v) is 9.00. The molecule has 1 aromatic rings. The Balaban J connectivity index is 3.17. The van der Waals surface area contributed by atoms with Crippen LogP contribution in [0, 0.1) is 10.1 Å². The molecule has 0 bridgehead atoms. The van der Waals surface area contributed by atoms with Crippen molar-refractivity contribution in [2.75, 3.05) is 6.61 Å². The molecule has 0 radical (unpaired) electrons. The average molecular weight is 248 g/mol. The summed E-state index contributed by atoms with van der Waals surface area (Å²) in [5.74, 6) is 0. The Morgan fingerprint density at radius 1 is 1.60 bits per heavy atom. The standard InChI is InChI=1S/C9H7Cl2NO3/c10-7(5-13)3-6-4-8(12(14)15)1-2-9(6)11/h1-4,13H,5H2. The third-order valence-electron chi connectivity index (χ3n) is 1.65. The van der Waals surface area contributed by atoms with Crippen LogP contribution >= 0.6 is 23.2 Å². The Hall–Kier alpha value is -1.10. The maximum absolute atomic E-state index is 10.5. The fourth-order valence-corrected chi connectivity index (χ4v) is 1.26. The summed E-state index contributed by atoms with van der Waals surface area (Å²) in [5, 5.41) is 19.7. The molecule has 0 unspecified atom stereocenters. The minimum Gasteiger partial charge on any atom is -0.391 e. The maximum Gasteiger partial charge on any atom is 0.270 e. The van der Waals surface area contributed by atoms with E-state index < -0.39 is 4.92 Å². The molecule has 0 fully saturated rings. The van der Waals surface area contributed by atoms with Crippen LogP contribution in [0.2, 0.25) is 5.02 Å². The van der Waals surface area contributed by atoms with E-state index in [1.165, 1.54) is 24.3 Å². The topological polar surface area (TPSA) is 63.4 Å². The van der Waals surface area contributed by atoms with Crippen molar-refractivity contribution in [3.05, 3.63) is 43.9 Å². The van der Waals surface area contributed by atoms with Crippen LogP contribution in [0.3, 0.4) is 0 Å². The molecule has 80 valence electrons. The summed E-state index contributed by atoms with van der Waals surface area (Å²) in [5.41, 5.74) is 0.331. The first-order valence-electron chi connectivity index (χ1n) is 3.95. The van der Waals surface area contributed by atoms with Gasteiger partial charge >= 0.3 is 0 Å². The van der Waals surface area contributed by atoms with Gasteiger partial charge in [0.05, 0.1) is 11.5 Å². The highest BCUT2D eigenvalue weighted by molar-refractivity contribution is 6.34. The molecule has 1 N–H and O–H groups in total. The molecule has 0 aromatic heterocycles. The summed E-state index contributed by atoms with van der Waals surface area (Å²) < 4.78 is 0. The number of halogens is 2. The van der Waals surface area contributed by atoms with Gasteiger partial charge in [-0.25, -0.2) is 0 Å². The second kappa shape index (κ2) is 5.11. The van der Waals surface area contributed by atoms with Crippen molar-refractivity contribution in [3.63, 3.8) is 0 Å². The van der Waals surface area contributed by atoms with Crippen molar-refractivity contribution >= 4 is 35.0 Å². The van der Waals surface area contributed by atoms with Crippen LogP contribution in [0.5, 0.6) is 0 Å². The molecule has 0 spiro atoms. The Bertz CT molecular complexity index is 418. The van der Waals surface area contributed by atoms with Gasteiger partial charge in [0.2, 0.25) is 0 Å². The summed E-state index contributed by atoms with van der Waals surface area (Å²) >= 11 is 11.4. The van der Waals surface area contributed by atoms with Crippen molar-refractivity contribution in [1.82, 2.24) is 0 Å². The van der Waals surface area contributed by atoms with E-state index in [4.69, 9.17) is 28.3 Å². The van der Waals surface area contributed by atoms with E-state index in [0.717, 1.165) is 0 Å². The number of rotatable bonds is 3. The van der Waals surface area contributed by atoms with E-state index in [2.05, 4.69) is 0 Å². The summed E-state index contributed by atoms with van der Waals surface area (Å²) in [6.07, 6.45) is 1.39. The highest BCUT2D eigenvalue weighted by Gasteiger charge is 2.08. The molecule has 0 aliphatic carbocycles. The van der Waals surface area contributed by atoms with Gasteiger partial charge in [0.25, 0.3) is 5.69 Å². The smallest absolute Gasteiger partial charge is 0.270 e. The number of nitrogens with zero attached hydrogens (tertiary/aromatic N) is 1. The molecule has 15 heavy (non-hydrogen) atoms. The van der Waals surface area contributed by atoms with Gasteiger partial charge in [-0.15, -0.1) is 0 Å². The van der Waals surface area contributed by atoms with Gasteiger partial charge in [-0.3, -0.25) is 10.1 Å². The monoisotopic (exact) mass is 247 g/mol. The Morgan fingerprint density at radius 3 is 2.80 bits per heavy atom. The summed E-state index contributed by atoms with van der Waals surface area (Å²) in [6.45, 7) is -0.333. The zero-order valence-electron chi connectivity index (χ0n) is 7.48. The quantitative estimate of drug-likeness (QED) is 0.660. The second-order valence-electron chi connectivity index (χ2n) is 2.71. The largest absolute Gasteiger partial charge is 0.391 e. The Kier molecular flexibility index (Phi) is 4.08. The molecular formula is C9H7Cl2NO3. The molecule has 4 nitrogen and oxygen atoms in total. The first-order chi connectivity index (χ1) is 7.04. The third kappa shape index (κ3) is 3.20. The lowest BCUT2D eigenvalue weighted by Gasteiger charge is -1.99. The lowest BCUT2D eigenvalue weighted by atomic mass is 10.2. The lowest BCUT2D eigenvalue weighted by molar-refractivity contribution is -0.384. The number of aliphatic hydroxyl groups is 1. The molecule has 0 saturated heterocycles. The maximum atomic E-state index is 10.5. The summed E-state index contributed by atoms with van der Waals surface area (Å²) in [4.78, 5) is 9.95. The molecular weight excluding hydrogens is 241 g/mol. The highest BCUT2D eigenvalue weighted by Crippen LogP contribution is 2.24. The van der Waals surface area contributed by atoms with Crippen molar-refractivity contribution in [3.8, 4) is 0 Å². The molecule has 0 aliphatic heterocycles. The highest BCUT2D eigenvalue weighted by atomic mass is 35.5. The average Bonchev–Trinajstić information content (AvgIpc) is 2.20. The van der Waals surface area contributed by atoms with Gasteiger partial charge in [-0.05, 0) is 12.1 Å². The van der Waals surface area contributed by atoms with E-state index >= 15 is 0 Å². The van der Waals surface area contributed by atoms with Crippen LogP contribution in [0.25, 0.3) is 6.08 Å². The molecule has 1 rings (SSSR count). The van der Waals surface area contributed by atoms with Crippen LogP contribution in [0.4, 0.5) is 5.69 Å². The van der Waals surface area contributed by atoms with E-state index in [9.17, 15) is 10.1 Å². The molecule has 1 aromatic carbocycles. The zero-order chi connectivity index (χ0) is 11.4. The van der Waals surface area contributed by atoms with Crippen molar-refractivity contribution in [2.24, 2.45) is 0 Å². The number of non-ortho nitro benzene ring substituents is 1. The number of hydrogen-bond donors (Lipinski definition) is 1. The number of aliphatic hydroxyl groups excluding tert-OH is 1. The van der Waals surface area contributed by atoms with Crippen molar-refractivity contribution in [2.45, 2.75) is 0 Å². The predicted octanol–water partition coefficient (Wildman–Crippen LogP) is 2.82. The van der Waals surface area contributed by atoms with Crippen LogP contribution in [-0.4, -0.2) is 16.6 Å². The minimum absolute atomic E-state index is 0.0759. The van der Waals surface area contributed by atoms with Gasteiger partial charge < -0.3 is 5.11 Å². The van der Waals surface area contributed by atoms with Gasteiger partial charge in [0.1, 0.15) is 0 Å². The number of benzene rings is 1. The molecule has 6 heteroatoms. The van der Waals surface area contributed by atoms with Crippen molar-refractivity contribution in [1.29, 1.82) is 0 Å². The van der Waals surface area contributed by atoms with Crippen LogP contribution < -0.4 is 0 Å². The molecule has 0 saturated carbocycles. The van der Waals surface area contributed by atoms with Gasteiger partial charge in [-0.1, -0.05) is 23.2 Å². The van der Waals surface area contributed by atoms with Gasteiger partial charge in [0.15, 0.2) is 0 Å². The van der Waals surface area contributed by atoms with E-state index in [1.54, 1.807) is 0 Å². The van der Waals surface area contributed by atoms with E-state index in [0.29, 0.717) is 10.6 Å². The minimum atomic E-state index is -0.527. The molecule has 0 heterocycles. The second-order valence-corrected chi connectivity index (χ2v) is 3.60.